The van der Waals surface area contributed by atoms with Crippen molar-refractivity contribution in [3.8, 4) is 0 Å². The van der Waals surface area contributed by atoms with Crippen molar-refractivity contribution in [2.75, 3.05) is 25.5 Å². The number of benzene rings is 1. The smallest absolute Gasteiger partial charge is 0.255 e. The first-order chi connectivity index (χ1) is 10.6. The normalized spacial score (nSPS) is 10.3. The molecule has 0 aliphatic carbocycles. The van der Waals surface area contributed by atoms with Crippen LogP contribution in [0.3, 0.4) is 0 Å². The maximum Gasteiger partial charge on any atom is 0.255 e. The predicted molar refractivity (Wildman–Crippen MR) is 87.0 cm³/mol. The van der Waals surface area contributed by atoms with E-state index in [2.05, 4.69) is 10.3 Å². The number of aromatic nitrogens is 1. The Labute approximate surface area is 130 Å². The number of aliphatic hydroxyl groups excluding tert-OH is 1. The van der Waals surface area contributed by atoms with Crippen LogP contribution >= 0.6 is 0 Å². The molecule has 5 nitrogen and oxygen atoms in total. The fourth-order valence-corrected chi connectivity index (χ4v) is 2.16. The average molecular weight is 299 g/mol. The van der Waals surface area contributed by atoms with Crippen molar-refractivity contribution in [2.45, 2.75) is 13.0 Å². The van der Waals surface area contributed by atoms with E-state index in [1.807, 2.05) is 43.3 Å². The molecule has 2 aromatic rings. The molecule has 0 radical (unpaired) electrons. The summed E-state index contributed by atoms with van der Waals surface area (Å²) in [5, 5.41) is 11.9. The number of aliphatic hydroxyl groups is 1. The monoisotopic (exact) mass is 299 g/mol. The van der Waals surface area contributed by atoms with Gasteiger partial charge in [0.25, 0.3) is 5.91 Å². The first-order valence-corrected chi connectivity index (χ1v) is 7.21. The molecule has 2 N–H and O–H groups in total. The maximum absolute atomic E-state index is 12.2. The quantitative estimate of drug-likeness (QED) is 0.850. The van der Waals surface area contributed by atoms with Gasteiger partial charge >= 0.3 is 0 Å². The van der Waals surface area contributed by atoms with Crippen LogP contribution in [-0.4, -0.2) is 36.6 Å². The highest BCUT2D eigenvalue weighted by Crippen LogP contribution is 2.14. The summed E-state index contributed by atoms with van der Waals surface area (Å²) in [7, 11) is 3.73. The Bertz CT molecular complexity index is 624. The lowest BCUT2D eigenvalue weighted by Crippen LogP contribution is -2.28. The van der Waals surface area contributed by atoms with Gasteiger partial charge in [-0.25, -0.2) is 4.98 Å². The van der Waals surface area contributed by atoms with E-state index in [0.717, 1.165) is 17.5 Å². The third-order valence-corrected chi connectivity index (χ3v) is 3.36. The van der Waals surface area contributed by atoms with Crippen molar-refractivity contribution in [2.24, 2.45) is 0 Å². The number of hydrogen-bond acceptors (Lipinski definition) is 4. The van der Waals surface area contributed by atoms with E-state index in [9.17, 15) is 4.79 Å². The molecule has 2 rings (SSSR count). The predicted octanol–water partition coefficient (Wildman–Crippen LogP) is 1.61. The minimum absolute atomic E-state index is 0.0470. The third-order valence-electron chi connectivity index (χ3n) is 3.36. The zero-order chi connectivity index (χ0) is 15.9. The number of carbonyl (C=O) groups is 1. The Hall–Kier alpha value is -2.40. The van der Waals surface area contributed by atoms with Crippen molar-refractivity contribution in [3.63, 3.8) is 0 Å². The van der Waals surface area contributed by atoms with Crippen LogP contribution in [-0.2, 0) is 13.0 Å². The van der Waals surface area contributed by atoms with Gasteiger partial charge in [0, 0.05) is 26.8 Å². The molecule has 1 amide bonds. The molecular weight excluding hydrogens is 278 g/mol. The lowest BCUT2D eigenvalue weighted by molar-refractivity contribution is 0.0954. The molecule has 1 heterocycles. The molecule has 0 unspecified atom stereocenters. The maximum atomic E-state index is 12.2. The van der Waals surface area contributed by atoms with Gasteiger partial charge in [0.2, 0.25) is 0 Å². The highest BCUT2D eigenvalue weighted by molar-refractivity contribution is 5.98. The van der Waals surface area contributed by atoms with E-state index in [-0.39, 0.29) is 12.5 Å². The molecule has 0 saturated heterocycles. The third kappa shape index (κ3) is 4.05. The molecule has 0 atom stereocenters. The summed E-state index contributed by atoms with van der Waals surface area (Å²) in [6.45, 7) is 0.602. The second-order valence-corrected chi connectivity index (χ2v) is 5.25. The summed E-state index contributed by atoms with van der Waals surface area (Å²) < 4.78 is 0. The van der Waals surface area contributed by atoms with Gasteiger partial charge in [-0.05, 0) is 29.7 Å². The van der Waals surface area contributed by atoms with Gasteiger partial charge in [0.05, 0.1) is 12.2 Å². The number of carbonyl (C=O) groups excluding carboxylic acids is 1. The van der Waals surface area contributed by atoms with Crippen LogP contribution in [0.2, 0.25) is 0 Å². The highest BCUT2D eigenvalue weighted by atomic mass is 16.3. The van der Waals surface area contributed by atoms with Crippen LogP contribution in [0, 0.1) is 0 Å². The molecule has 5 heteroatoms. The number of anilines is 1. The molecule has 0 saturated carbocycles. The van der Waals surface area contributed by atoms with Gasteiger partial charge in [0.1, 0.15) is 5.82 Å². The van der Waals surface area contributed by atoms with Gasteiger partial charge in [-0.2, -0.15) is 0 Å². The van der Waals surface area contributed by atoms with Crippen LogP contribution in [0.15, 0.2) is 42.6 Å². The van der Waals surface area contributed by atoms with Crippen molar-refractivity contribution in [1.82, 2.24) is 10.3 Å². The average Bonchev–Trinajstić information content (AvgIpc) is 2.55. The van der Waals surface area contributed by atoms with E-state index in [0.29, 0.717) is 17.9 Å². The van der Waals surface area contributed by atoms with E-state index < -0.39 is 0 Å². The molecular formula is C17H21N3O2. The lowest BCUT2D eigenvalue weighted by atomic mass is 10.1. The van der Waals surface area contributed by atoms with E-state index in [1.165, 1.54) is 0 Å². The molecule has 0 aliphatic rings. The fraction of sp³-hybridized carbons (Fsp3) is 0.294. The van der Waals surface area contributed by atoms with Gasteiger partial charge < -0.3 is 15.3 Å². The van der Waals surface area contributed by atoms with Gasteiger partial charge in [-0.3, -0.25) is 4.79 Å². The molecule has 0 aliphatic heterocycles. The lowest BCUT2D eigenvalue weighted by Gasteiger charge is -2.15. The first kappa shape index (κ1) is 16.0. The summed E-state index contributed by atoms with van der Waals surface area (Å²) >= 11 is 0. The summed E-state index contributed by atoms with van der Waals surface area (Å²) in [5.41, 5.74) is 2.58. The highest BCUT2D eigenvalue weighted by Gasteiger charge is 2.12. The van der Waals surface area contributed by atoms with Gasteiger partial charge in [-0.15, -0.1) is 0 Å². The Balaban J connectivity index is 1.92. The Morgan fingerprint density at radius 2 is 1.86 bits per heavy atom. The summed E-state index contributed by atoms with van der Waals surface area (Å²) in [6, 6.07) is 11.2. The molecule has 0 spiro atoms. The zero-order valence-electron chi connectivity index (χ0n) is 12.9. The minimum atomic E-state index is -0.122. The molecule has 1 aromatic carbocycles. The minimum Gasteiger partial charge on any atom is -0.392 e. The molecule has 1 aromatic heterocycles. The van der Waals surface area contributed by atoms with Crippen LogP contribution in [0.5, 0.6) is 0 Å². The van der Waals surface area contributed by atoms with Crippen molar-refractivity contribution >= 4 is 11.7 Å². The van der Waals surface area contributed by atoms with E-state index in [1.54, 1.807) is 18.3 Å². The molecule has 22 heavy (non-hydrogen) atoms. The number of rotatable bonds is 6. The molecule has 0 fully saturated rings. The van der Waals surface area contributed by atoms with Crippen LogP contribution in [0.1, 0.15) is 21.5 Å². The van der Waals surface area contributed by atoms with Crippen LogP contribution in [0.25, 0.3) is 0 Å². The zero-order valence-corrected chi connectivity index (χ0v) is 12.9. The first-order valence-electron chi connectivity index (χ1n) is 7.21. The Kier molecular flexibility index (Phi) is 5.49. The van der Waals surface area contributed by atoms with Crippen LogP contribution < -0.4 is 10.2 Å². The topological polar surface area (TPSA) is 65.5 Å². The number of nitrogens with one attached hydrogen (secondary N) is 1. The summed E-state index contributed by atoms with van der Waals surface area (Å²) in [4.78, 5) is 18.3. The fourth-order valence-electron chi connectivity index (χ4n) is 2.16. The second kappa shape index (κ2) is 7.56. The van der Waals surface area contributed by atoms with E-state index in [4.69, 9.17) is 5.11 Å². The molecule has 116 valence electrons. The van der Waals surface area contributed by atoms with E-state index >= 15 is 0 Å². The van der Waals surface area contributed by atoms with Crippen molar-refractivity contribution < 1.29 is 9.90 Å². The van der Waals surface area contributed by atoms with Crippen LogP contribution in [0.4, 0.5) is 5.82 Å². The second-order valence-electron chi connectivity index (χ2n) is 5.25. The number of hydrogen-bond donors (Lipinski definition) is 2. The Morgan fingerprint density at radius 1 is 1.18 bits per heavy atom. The summed E-state index contributed by atoms with van der Waals surface area (Å²) in [5.74, 6) is 0.538. The van der Waals surface area contributed by atoms with Crippen molar-refractivity contribution in [1.29, 1.82) is 0 Å². The number of pyridine rings is 1. The number of amides is 1. The van der Waals surface area contributed by atoms with Gasteiger partial charge in [0.15, 0.2) is 0 Å². The standard InChI is InChI=1S/C17H21N3O2/c1-20(2)16-15(4-3-10-18-16)17(22)19-11-9-13-5-7-14(12-21)8-6-13/h3-8,10,21H,9,11-12H2,1-2H3,(H,19,22). The summed E-state index contributed by atoms with van der Waals surface area (Å²) in [6.07, 6.45) is 2.42. The largest absolute Gasteiger partial charge is 0.392 e. The van der Waals surface area contributed by atoms with Gasteiger partial charge in [-0.1, -0.05) is 24.3 Å². The number of nitrogens with zero attached hydrogens (tertiary/aromatic N) is 2. The Morgan fingerprint density at radius 3 is 2.50 bits per heavy atom. The SMILES string of the molecule is CN(C)c1ncccc1C(=O)NCCc1ccc(CO)cc1. The molecule has 0 bridgehead atoms. The van der Waals surface area contributed by atoms with Crippen molar-refractivity contribution in [3.05, 3.63) is 59.3 Å².